The van der Waals surface area contributed by atoms with E-state index in [-0.39, 0.29) is 12.1 Å². The van der Waals surface area contributed by atoms with E-state index < -0.39 is 5.66 Å². The van der Waals surface area contributed by atoms with E-state index >= 15 is 0 Å². The van der Waals surface area contributed by atoms with Gasteiger partial charge in [-0.1, -0.05) is 0 Å². The van der Waals surface area contributed by atoms with Crippen LogP contribution in [-0.4, -0.2) is 48.0 Å². The first kappa shape index (κ1) is 19.1. The molecule has 1 N–H and O–H groups in total. The van der Waals surface area contributed by atoms with Crippen LogP contribution in [0.3, 0.4) is 0 Å². The number of benzene rings is 1. The number of nitrogens with one attached hydrogen (secondary N) is 1. The van der Waals surface area contributed by atoms with E-state index in [0.717, 1.165) is 25.1 Å². The zero-order valence-electron chi connectivity index (χ0n) is 16.0. The smallest absolute Gasteiger partial charge is 0.338 e. The van der Waals surface area contributed by atoms with E-state index in [1.807, 2.05) is 12.1 Å². The molecule has 3 rings (SSSR count). The van der Waals surface area contributed by atoms with Gasteiger partial charge in [0, 0.05) is 31.7 Å². The third-order valence-corrected chi connectivity index (χ3v) is 4.94. The number of ether oxygens (including phenoxy) is 2. The summed E-state index contributed by atoms with van der Waals surface area (Å²) in [6.45, 7) is 5.11. The minimum atomic E-state index is -0.528. The van der Waals surface area contributed by atoms with Gasteiger partial charge in [-0.3, -0.25) is 0 Å². The van der Waals surface area contributed by atoms with Crippen LogP contribution in [0.1, 0.15) is 37.0 Å². The number of aromatic nitrogens is 2. The lowest BCUT2D eigenvalue weighted by molar-refractivity contribution is 0.0283. The number of carbonyl (C=O) groups is 1. The van der Waals surface area contributed by atoms with Crippen molar-refractivity contribution in [2.75, 3.05) is 30.5 Å². The van der Waals surface area contributed by atoms with E-state index in [1.54, 1.807) is 44.6 Å². The monoisotopic (exact) mass is 370 g/mol. The predicted octanol–water partition coefficient (Wildman–Crippen LogP) is 3.10. The molecule has 0 bridgehead atoms. The second-order valence-corrected chi connectivity index (χ2v) is 6.63. The lowest BCUT2D eigenvalue weighted by atomic mass is 9.92. The topological polar surface area (TPSA) is 76.6 Å². The summed E-state index contributed by atoms with van der Waals surface area (Å²) >= 11 is 0. The number of esters is 1. The molecule has 1 aliphatic rings. The lowest BCUT2D eigenvalue weighted by Crippen LogP contribution is -2.64. The third-order valence-electron chi connectivity index (χ3n) is 4.94. The zero-order valence-corrected chi connectivity index (χ0v) is 16.0. The van der Waals surface area contributed by atoms with Crippen molar-refractivity contribution in [1.29, 1.82) is 0 Å². The fourth-order valence-corrected chi connectivity index (χ4v) is 3.60. The molecule has 1 saturated heterocycles. The first-order chi connectivity index (χ1) is 13.1. The predicted molar refractivity (Wildman–Crippen MR) is 104 cm³/mol. The molecule has 1 aliphatic heterocycles. The molecular formula is C20H26N4O3. The Morgan fingerprint density at radius 1 is 1.30 bits per heavy atom. The van der Waals surface area contributed by atoms with Crippen LogP contribution >= 0.6 is 0 Å². The highest BCUT2D eigenvalue weighted by molar-refractivity contribution is 5.89. The van der Waals surface area contributed by atoms with Crippen molar-refractivity contribution in [3.8, 4) is 0 Å². The first-order valence-electron chi connectivity index (χ1n) is 9.21. The molecule has 1 aromatic heterocycles. The fourth-order valence-electron chi connectivity index (χ4n) is 3.60. The van der Waals surface area contributed by atoms with Crippen molar-refractivity contribution in [2.24, 2.45) is 0 Å². The maximum absolute atomic E-state index is 11.9. The molecule has 0 aliphatic carbocycles. The molecule has 2 heterocycles. The minimum Gasteiger partial charge on any atom is -0.462 e. The Bertz CT molecular complexity index is 754. The van der Waals surface area contributed by atoms with Gasteiger partial charge in [0.2, 0.25) is 5.95 Å². The number of piperidine rings is 1. The van der Waals surface area contributed by atoms with Gasteiger partial charge >= 0.3 is 5.97 Å². The number of methoxy groups -OCH3 is 1. The molecule has 1 fully saturated rings. The highest BCUT2D eigenvalue weighted by Crippen LogP contribution is 2.35. The van der Waals surface area contributed by atoms with Gasteiger partial charge in [0.15, 0.2) is 0 Å². The maximum Gasteiger partial charge on any atom is 0.338 e. The number of hydrogen-bond donors (Lipinski definition) is 1. The number of rotatable bonds is 6. The molecule has 0 saturated carbocycles. The van der Waals surface area contributed by atoms with Gasteiger partial charge in [0.05, 0.1) is 18.3 Å². The van der Waals surface area contributed by atoms with Gasteiger partial charge < -0.3 is 19.7 Å². The largest absolute Gasteiger partial charge is 0.462 e. The molecule has 0 amide bonds. The summed E-state index contributed by atoms with van der Waals surface area (Å²) in [7, 11) is 1.73. The highest BCUT2D eigenvalue weighted by atomic mass is 16.5. The Balaban J connectivity index is 1.90. The molecule has 7 nitrogen and oxygen atoms in total. The van der Waals surface area contributed by atoms with Crippen molar-refractivity contribution < 1.29 is 14.3 Å². The first-order valence-corrected chi connectivity index (χ1v) is 9.21. The van der Waals surface area contributed by atoms with Crippen molar-refractivity contribution >= 4 is 17.6 Å². The summed E-state index contributed by atoms with van der Waals surface area (Å²) in [5, 5.41) is 3.45. The molecule has 0 radical (unpaired) electrons. The van der Waals surface area contributed by atoms with E-state index in [1.165, 1.54) is 0 Å². The molecular weight excluding hydrogens is 344 g/mol. The molecule has 1 aromatic carbocycles. The molecule has 2 aromatic rings. The van der Waals surface area contributed by atoms with Crippen LogP contribution in [0.4, 0.5) is 11.6 Å². The normalized spacial score (nSPS) is 22.3. The van der Waals surface area contributed by atoms with E-state index in [0.29, 0.717) is 18.1 Å². The summed E-state index contributed by atoms with van der Waals surface area (Å²) in [6.07, 6.45) is 5.32. The molecule has 7 heteroatoms. The van der Waals surface area contributed by atoms with Gasteiger partial charge in [-0.05, 0) is 57.0 Å². The average molecular weight is 370 g/mol. The molecule has 144 valence electrons. The fraction of sp³-hybridized carbons (Fsp3) is 0.450. The SMILES string of the molecule is CCOC(=O)c1ccc(N2CCCC(OC)C2(C)Nc2ncccn2)cc1. The van der Waals surface area contributed by atoms with Crippen LogP contribution in [0.5, 0.6) is 0 Å². The van der Waals surface area contributed by atoms with Gasteiger partial charge in [-0.15, -0.1) is 0 Å². The standard InChI is InChI=1S/C20H26N4O3/c1-4-27-18(25)15-8-10-16(11-9-15)24-14-5-7-17(26-3)20(24,2)23-19-21-12-6-13-22-19/h6,8-13,17H,4-5,7,14H2,1-3H3,(H,21,22,23). The van der Waals surface area contributed by atoms with Gasteiger partial charge in [-0.2, -0.15) is 0 Å². The Labute approximate surface area is 159 Å². The molecule has 27 heavy (non-hydrogen) atoms. The van der Waals surface area contributed by atoms with Gasteiger partial charge in [0.25, 0.3) is 0 Å². The summed E-state index contributed by atoms with van der Waals surface area (Å²) in [4.78, 5) is 22.8. The summed E-state index contributed by atoms with van der Waals surface area (Å²) in [5.74, 6) is 0.244. The molecule has 2 unspecified atom stereocenters. The van der Waals surface area contributed by atoms with Crippen molar-refractivity contribution in [1.82, 2.24) is 9.97 Å². The van der Waals surface area contributed by atoms with E-state index in [9.17, 15) is 4.79 Å². The Kier molecular flexibility index (Phi) is 5.91. The average Bonchev–Trinajstić information content (AvgIpc) is 2.69. The van der Waals surface area contributed by atoms with Crippen molar-refractivity contribution in [3.05, 3.63) is 48.3 Å². The quantitative estimate of drug-likeness (QED) is 0.783. The van der Waals surface area contributed by atoms with Crippen LogP contribution in [0, 0.1) is 0 Å². The van der Waals surface area contributed by atoms with Crippen molar-refractivity contribution in [2.45, 2.75) is 38.5 Å². The second kappa shape index (κ2) is 8.35. The van der Waals surface area contributed by atoms with Crippen LogP contribution < -0.4 is 10.2 Å². The minimum absolute atomic E-state index is 0.0419. The maximum atomic E-state index is 11.9. The van der Waals surface area contributed by atoms with Crippen LogP contribution in [-0.2, 0) is 9.47 Å². The van der Waals surface area contributed by atoms with Crippen LogP contribution in [0.2, 0.25) is 0 Å². The number of hydrogen-bond acceptors (Lipinski definition) is 7. The van der Waals surface area contributed by atoms with Crippen molar-refractivity contribution in [3.63, 3.8) is 0 Å². The van der Waals surface area contributed by atoms with E-state index in [2.05, 4.69) is 27.1 Å². The highest BCUT2D eigenvalue weighted by Gasteiger charge is 2.43. The number of nitrogens with zero attached hydrogens (tertiary/aromatic N) is 3. The number of carbonyl (C=O) groups excluding carboxylic acids is 1. The molecule has 2 atom stereocenters. The molecule has 0 spiro atoms. The van der Waals surface area contributed by atoms with Gasteiger partial charge in [0.1, 0.15) is 5.66 Å². The van der Waals surface area contributed by atoms with Gasteiger partial charge in [-0.25, -0.2) is 14.8 Å². The summed E-state index contributed by atoms with van der Waals surface area (Å²) in [6, 6.07) is 9.26. The second-order valence-electron chi connectivity index (χ2n) is 6.63. The zero-order chi connectivity index (χ0) is 19.3. The number of anilines is 2. The lowest BCUT2D eigenvalue weighted by Gasteiger charge is -2.50. The summed E-state index contributed by atoms with van der Waals surface area (Å²) in [5.41, 5.74) is 1.01. The van der Waals surface area contributed by atoms with E-state index in [4.69, 9.17) is 9.47 Å². The Hall–Kier alpha value is -2.67. The van der Waals surface area contributed by atoms with Crippen LogP contribution in [0.25, 0.3) is 0 Å². The third kappa shape index (κ3) is 4.03. The summed E-state index contributed by atoms with van der Waals surface area (Å²) < 4.78 is 10.9. The van der Waals surface area contributed by atoms with Crippen LogP contribution in [0.15, 0.2) is 42.7 Å². The Morgan fingerprint density at radius 2 is 2.00 bits per heavy atom. The Morgan fingerprint density at radius 3 is 2.63 bits per heavy atom.